The molecule has 0 saturated heterocycles. The third kappa shape index (κ3) is 8.34. The summed E-state index contributed by atoms with van der Waals surface area (Å²) in [7, 11) is 0. The Labute approximate surface area is 112 Å². The first-order chi connectivity index (χ1) is 7.92. The molecule has 2 N–H and O–H groups in total. The first kappa shape index (κ1) is 17.2. The van der Waals surface area contributed by atoms with E-state index in [2.05, 4.69) is 0 Å². The quantitative estimate of drug-likeness (QED) is 0.824. The lowest BCUT2D eigenvalue weighted by molar-refractivity contribution is 0.0185. The summed E-state index contributed by atoms with van der Waals surface area (Å²) in [5.74, 6) is 0. The smallest absolute Gasteiger partial charge is 0.410 e. The van der Waals surface area contributed by atoms with Crippen molar-refractivity contribution < 1.29 is 9.53 Å². The van der Waals surface area contributed by atoms with Crippen LogP contribution in [0.4, 0.5) is 4.79 Å². The Kier molecular flexibility index (Phi) is 6.14. The summed E-state index contributed by atoms with van der Waals surface area (Å²) in [5, 5.41) is 0. The van der Waals surface area contributed by atoms with Gasteiger partial charge in [0.1, 0.15) is 5.60 Å². The van der Waals surface area contributed by atoms with Gasteiger partial charge in [-0.3, -0.25) is 0 Å². The Hall–Kier alpha value is -0.770. The molecule has 108 valence electrons. The zero-order valence-electron chi connectivity index (χ0n) is 13.0. The van der Waals surface area contributed by atoms with E-state index < -0.39 is 5.60 Å². The molecule has 0 aliphatic heterocycles. The van der Waals surface area contributed by atoms with E-state index in [1.54, 1.807) is 4.90 Å². The third-order valence-electron chi connectivity index (χ3n) is 2.47. The van der Waals surface area contributed by atoms with E-state index in [0.29, 0.717) is 6.54 Å². The van der Waals surface area contributed by atoms with Crippen molar-refractivity contribution in [1.29, 1.82) is 0 Å². The van der Waals surface area contributed by atoms with Crippen LogP contribution in [-0.4, -0.2) is 34.7 Å². The van der Waals surface area contributed by atoms with Crippen molar-refractivity contribution >= 4 is 6.09 Å². The highest BCUT2D eigenvalue weighted by molar-refractivity contribution is 5.68. The molecule has 0 aliphatic carbocycles. The molecule has 0 fully saturated rings. The fraction of sp³-hybridized carbons (Fsp3) is 0.929. The van der Waals surface area contributed by atoms with Crippen LogP contribution in [0.15, 0.2) is 0 Å². The van der Waals surface area contributed by atoms with Gasteiger partial charge in [-0.25, -0.2) is 4.79 Å². The minimum absolute atomic E-state index is 0.140. The number of carbonyl (C=O) groups excluding carboxylic acids is 1. The number of hydrogen-bond donors (Lipinski definition) is 1. The van der Waals surface area contributed by atoms with Gasteiger partial charge in [-0.1, -0.05) is 0 Å². The van der Waals surface area contributed by atoms with Crippen molar-refractivity contribution in [3.05, 3.63) is 0 Å². The van der Waals surface area contributed by atoms with Crippen LogP contribution >= 0.6 is 0 Å². The molecule has 0 saturated carbocycles. The molecule has 0 rings (SSSR count). The molecule has 1 amide bonds. The van der Waals surface area contributed by atoms with Crippen LogP contribution in [-0.2, 0) is 4.74 Å². The number of carbonyl (C=O) groups is 1. The maximum Gasteiger partial charge on any atom is 0.410 e. The topological polar surface area (TPSA) is 55.6 Å². The molecule has 18 heavy (non-hydrogen) atoms. The van der Waals surface area contributed by atoms with Crippen molar-refractivity contribution in [2.75, 3.05) is 6.54 Å². The number of amides is 1. The molecule has 0 aromatic heterocycles. The van der Waals surface area contributed by atoms with Crippen LogP contribution in [0, 0.1) is 0 Å². The van der Waals surface area contributed by atoms with Crippen LogP contribution < -0.4 is 5.73 Å². The van der Waals surface area contributed by atoms with Gasteiger partial charge in [0.15, 0.2) is 0 Å². The highest BCUT2D eigenvalue weighted by Crippen LogP contribution is 2.14. The first-order valence-electron chi connectivity index (χ1n) is 6.71. The van der Waals surface area contributed by atoms with E-state index in [-0.39, 0.29) is 17.7 Å². The molecule has 0 aliphatic rings. The lowest BCUT2D eigenvalue weighted by atomic mass is 10.00. The van der Waals surface area contributed by atoms with E-state index in [0.717, 1.165) is 12.8 Å². The molecule has 0 heterocycles. The molecule has 0 unspecified atom stereocenters. The zero-order chi connectivity index (χ0) is 14.6. The van der Waals surface area contributed by atoms with Crippen molar-refractivity contribution in [3.63, 3.8) is 0 Å². The summed E-state index contributed by atoms with van der Waals surface area (Å²) < 4.78 is 5.40. The van der Waals surface area contributed by atoms with Gasteiger partial charge in [-0.05, 0) is 61.3 Å². The predicted molar refractivity (Wildman–Crippen MR) is 75.6 cm³/mol. The molecule has 0 radical (unpaired) electrons. The Morgan fingerprint density at radius 2 is 1.72 bits per heavy atom. The summed E-state index contributed by atoms with van der Waals surface area (Å²) in [4.78, 5) is 13.8. The van der Waals surface area contributed by atoms with E-state index in [1.165, 1.54) is 0 Å². The summed E-state index contributed by atoms with van der Waals surface area (Å²) in [6.07, 6.45) is 1.53. The van der Waals surface area contributed by atoms with Gasteiger partial charge in [0.05, 0.1) is 0 Å². The van der Waals surface area contributed by atoms with Gasteiger partial charge >= 0.3 is 6.09 Å². The number of nitrogens with two attached hydrogens (primary N) is 1. The average molecular weight is 258 g/mol. The van der Waals surface area contributed by atoms with Crippen LogP contribution in [0.1, 0.15) is 61.3 Å². The number of rotatable bonds is 5. The molecule has 4 nitrogen and oxygen atoms in total. The maximum atomic E-state index is 12.0. The monoisotopic (exact) mass is 258 g/mol. The van der Waals surface area contributed by atoms with Gasteiger partial charge in [-0.15, -0.1) is 0 Å². The summed E-state index contributed by atoms with van der Waals surface area (Å²) in [5.41, 5.74) is 5.31. The van der Waals surface area contributed by atoms with Crippen molar-refractivity contribution in [3.8, 4) is 0 Å². The molecular formula is C14H30N2O2. The Morgan fingerprint density at radius 3 is 2.06 bits per heavy atom. The van der Waals surface area contributed by atoms with Gasteiger partial charge in [0.2, 0.25) is 0 Å². The normalized spacial score (nSPS) is 12.7. The van der Waals surface area contributed by atoms with Crippen LogP contribution in [0.3, 0.4) is 0 Å². The second kappa shape index (κ2) is 6.41. The summed E-state index contributed by atoms with van der Waals surface area (Å²) >= 11 is 0. The van der Waals surface area contributed by atoms with Crippen molar-refractivity contribution in [2.45, 2.75) is 78.5 Å². The summed E-state index contributed by atoms with van der Waals surface area (Å²) in [6, 6.07) is 0.140. The fourth-order valence-corrected chi connectivity index (χ4v) is 1.59. The second-order valence-corrected chi connectivity index (χ2v) is 6.86. The van der Waals surface area contributed by atoms with Crippen LogP contribution in [0.2, 0.25) is 0 Å². The van der Waals surface area contributed by atoms with E-state index >= 15 is 0 Å². The molecular weight excluding hydrogens is 228 g/mol. The SMILES string of the molecule is CC(C)N(CCCC(C)(C)N)C(=O)OC(C)(C)C. The lowest BCUT2D eigenvalue weighted by Gasteiger charge is -2.31. The van der Waals surface area contributed by atoms with Crippen LogP contribution in [0.5, 0.6) is 0 Å². The molecule has 0 spiro atoms. The number of ether oxygens (including phenoxy) is 1. The Bertz CT molecular complexity index is 262. The lowest BCUT2D eigenvalue weighted by Crippen LogP contribution is -2.42. The highest BCUT2D eigenvalue weighted by Gasteiger charge is 2.24. The minimum atomic E-state index is -0.447. The number of hydrogen-bond acceptors (Lipinski definition) is 3. The van der Waals surface area contributed by atoms with Gasteiger partial charge < -0.3 is 15.4 Å². The maximum absolute atomic E-state index is 12.0. The molecule has 0 aromatic carbocycles. The first-order valence-corrected chi connectivity index (χ1v) is 6.71. The largest absolute Gasteiger partial charge is 0.444 e. The third-order valence-corrected chi connectivity index (χ3v) is 2.47. The van der Waals surface area contributed by atoms with Gasteiger partial charge in [-0.2, -0.15) is 0 Å². The fourth-order valence-electron chi connectivity index (χ4n) is 1.59. The average Bonchev–Trinajstić information content (AvgIpc) is 2.06. The van der Waals surface area contributed by atoms with Gasteiger partial charge in [0, 0.05) is 18.1 Å². The Balaban J connectivity index is 4.36. The standard InChI is InChI=1S/C14H30N2O2/c1-11(2)16(10-8-9-14(6,7)15)12(17)18-13(3,4)5/h11H,8-10,15H2,1-7H3. The molecule has 0 aromatic rings. The Morgan fingerprint density at radius 1 is 1.22 bits per heavy atom. The molecule has 4 heteroatoms. The van der Waals surface area contributed by atoms with E-state index in [4.69, 9.17) is 10.5 Å². The van der Waals surface area contributed by atoms with Crippen molar-refractivity contribution in [1.82, 2.24) is 4.90 Å². The highest BCUT2D eigenvalue weighted by atomic mass is 16.6. The van der Waals surface area contributed by atoms with E-state index in [1.807, 2.05) is 48.5 Å². The van der Waals surface area contributed by atoms with E-state index in [9.17, 15) is 4.79 Å². The van der Waals surface area contributed by atoms with Crippen LogP contribution in [0.25, 0.3) is 0 Å². The zero-order valence-corrected chi connectivity index (χ0v) is 13.0. The second-order valence-electron chi connectivity index (χ2n) is 6.86. The summed E-state index contributed by atoms with van der Waals surface area (Å²) in [6.45, 7) is 14.3. The van der Waals surface area contributed by atoms with Crippen molar-refractivity contribution in [2.24, 2.45) is 5.73 Å². The minimum Gasteiger partial charge on any atom is -0.444 e. The van der Waals surface area contributed by atoms with Gasteiger partial charge in [0.25, 0.3) is 0 Å². The molecule has 0 atom stereocenters. The molecule has 0 bridgehead atoms. The predicted octanol–water partition coefficient (Wildman–Crippen LogP) is 3.15. The number of nitrogens with zero attached hydrogens (tertiary/aromatic N) is 1.